The highest BCUT2D eigenvalue weighted by Gasteiger charge is 2.41. The Kier molecular flexibility index (Phi) is 10.0. The van der Waals surface area contributed by atoms with Gasteiger partial charge in [-0.05, 0) is 68.5 Å². The molecule has 222 valence electrons. The minimum Gasteiger partial charge on any atom is -0.338 e. The highest BCUT2D eigenvalue weighted by molar-refractivity contribution is 6.30. The number of hydrogen-bond acceptors (Lipinski definition) is 2. The summed E-state index contributed by atoms with van der Waals surface area (Å²) in [5.74, 6) is -0.0282. The van der Waals surface area contributed by atoms with E-state index in [0.717, 1.165) is 28.8 Å². The predicted octanol–water partition coefficient (Wildman–Crippen LogP) is 8.13. The summed E-state index contributed by atoms with van der Waals surface area (Å²) in [5.41, 5.74) is 1.69. The molecule has 3 rings (SSSR count). The molecule has 1 heterocycles. The number of allylic oxidation sites excluding steroid dienone is 2. The van der Waals surface area contributed by atoms with Crippen LogP contribution in [-0.2, 0) is 11.0 Å². The number of nitrogens with zero attached hydrogens (tertiary/aromatic N) is 3. The molecule has 0 radical (unpaired) electrons. The fourth-order valence-electron chi connectivity index (χ4n) is 5.55. The first kappa shape index (κ1) is 32.3. The Labute approximate surface area is 246 Å². The number of halogens is 4. The van der Waals surface area contributed by atoms with Gasteiger partial charge in [0.05, 0.1) is 23.1 Å². The largest absolute Gasteiger partial charge is 0.416 e. The molecule has 2 aromatic carbocycles. The van der Waals surface area contributed by atoms with Crippen molar-refractivity contribution in [2.75, 3.05) is 26.7 Å². The van der Waals surface area contributed by atoms with Gasteiger partial charge in [-0.3, -0.25) is 4.79 Å². The van der Waals surface area contributed by atoms with E-state index in [-0.39, 0.29) is 35.6 Å². The van der Waals surface area contributed by atoms with E-state index in [2.05, 4.69) is 13.2 Å². The molecule has 2 atom stereocenters. The number of carbonyl (C=O) groups excluding carboxylic acids is 2. The second-order valence-corrected chi connectivity index (χ2v) is 11.6. The first-order chi connectivity index (χ1) is 19.1. The summed E-state index contributed by atoms with van der Waals surface area (Å²) in [6.45, 7) is 16.1. The van der Waals surface area contributed by atoms with Gasteiger partial charge in [0.15, 0.2) is 0 Å². The molecule has 0 aromatic heterocycles. The molecule has 0 saturated carbocycles. The maximum Gasteiger partial charge on any atom is 0.416 e. The SMILES string of the molecule is C=CCC(C)(CC=C)C(=O)N1CCN(C(=O)N(C)[C@H](C)c2cc(Cl)cc(C(F)(F)F)c2)[C@@H](c2ccc(C)cc2C)C1. The first-order valence-electron chi connectivity index (χ1n) is 13.6. The topological polar surface area (TPSA) is 43.9 Å². The standard InChI is InChI=1S/C32H39ClF3N3O2/c1-8-12-31(6,13-9-2)29(40)38-14-15-39(28(20-38)27-11-10-21(3)16-22(27)4)30(41)37(7)23(5)24-17-25(32(34,35)36)19-26(33)18-24/h8-11,16-19,23,28H,1-2,12-15,20H2,3-7H3/t23-,28-/m1/s1. The zero-order valence-electron chi connectivity index (χ0n) is 24.4. The number of carbonyl (C=O) groups is 2. The average Bonchev–Trinajstić information content (AvgIpc) is 2.90. The van der Waals surface area contributed by atoms with Crippen LogP contribution in [0.4, 0.5) is 18.0 Å². The van der Waals surface area contributed by atoms with Crippen LogP contribution < -0.4 is 0 Å². The van der Waals surface area contributed by atoms with E-state index in [1.165, 1.54) is 11.0 Å². The molecular formula is C32H39ClF3N3O2. The van der Waals surface area contributed by atoms with E-state index >= 15 is 0 Å². The van der Waals surface area contributed by atoms with Crippen LogP contribution in [0.2, 0.25) is 5.02 Å². The van der Waals surface area contributed by atoms with Crippen LogP contribution in [0.5, 0.6) is 0 Å². The van der Waals surface area contributed by atoms with Gasteiger partial charge in [0.1, 0.15) is 0 Å². The lowest BCUT2D eigenvalue weighted by Gasteiger charge is -2.46. The summed E-state index contributed by atoms with van der Waals surface area (Å²) in [4.78, 5) is 32.7. The van der Waals surface area contributed by atoms with E-state index in [0.29, 0.717) is 19.4 Å². The third-order valence-electron chi connectivity index (χ3n) is 8.02. The van der Waals surface area contributed by atoms with Gasteiger partial charge in [0, 0.05) is 31.7 Å². The monoisotopic (exact) mass is 589 g/mol. The quantitative estimate of drug-likeness (QED) is 0.292. The number of aryl methyl sites for hydroxylation is 2. The molecule has 5 nitrogen and oxygen atoms in total. The van der Waals surface area contributed by atoms with Crippen molar-refractivity contribution in [1.82, 2.24) is 14.7 Å². The van der Waals surface area contributed by atoms with Crippen LogP contribution in [-0.4, -0.2) is 53.3 Å². The summed E-state index contributed by atoms with van der Waals surface area (Å²) in [7, 11) is 1.57. The van der Waals surface area contributed by atoms with E-state index in [4.69, 9.17) is 11.6 Å². The Morgan fingerprint density at radius 2 is 1.73 bits per heavy atom. The highest BCUT2D eigenvalue weighted by Crippen LogP contribution is 2.37. The third-order valence-corrected chi connectivity index (χ3v) is 8.23. The molecule has 1 aliphatic heterocycles. The minimum atomic E-state index is -4.56. The second-order valence-electron chi connectivity index (χ2n) is 11.2. The Morgan fingerprint density at radius 3 is 2.29 bits per heavy atom. The summed E-state index contributed by atoms with van der Waals surface area (Å²) < 4.78 is 40.4. The molecule has 0 unspecified atom stereocenters. The first-order valence-corrected chi connectivity index (χ1v) is 14.0. The Hall–Kier alpha value is -3.26. The number of piperazine rings is 1. The van der Waals surface area contributed by atoms with Gasteiger partial charge in [-0.1, -0.05) is 54.4 Å². The fraction of sp³-hybridized carbons (Fsp3) is 0.438. The lowest BCUT2D eigenvalue weighted by Crippen LogP contribution is -2.57. The molecule has 0 aliphatic carbocycles. The van der Waals surface area contributed by atoms with Crippen molar-refractivity contribution in [1.29, 1.82) is 0 Å². The molecule has 0 N–H and O–H groups in total. The van der Waals surface area contributed by atoms with E-state index in [1.807, 2.05) is 39.0 Å². The third kappa shape index (κ3) is 7.15. The molecule has 1 saturated heterocycles. The maximum atomic E-state index is 14.0. The Morgan fingerprint density at radius 1 is 1.10 bits per heavy atom. The van der Waals surface area contributed by atoms with Crippen molar-refractivity contribution in [2.24, 2.45) is 5.41 Å². The number of hydrogen-bond donors (Lipinski definition) is 0. The van der Waals surface area contributed by atoms with E-state index < -0.39 is 29.2 Å². The Balaban J connectivity index is 1.97. The molecule has 2 aromatic rings. The van der Waals surface area contributed by atoms with Gasteiger partial charge in [0.25, 0.3) is 0 Å². The highest BCUT2D eigenvalue weighted by atomic mass is 35.5. The molecule has 41 heavy (non-hydrogen) atoms. The zero-order valence-corrected chi connectivity index (χ0v) is 25.1. The van der Waals surface area contributed by atoms with Crippen molar-refractivity contribution in [2.45, 2.75) is 58.8 Å². The number of alkyl halides is 3. The van der Waals surface area contributed by atoms with Gasteiger partial charge >= 0.3 is 12.2 Å². The van der Waals surface area contributed by atoms with E-state index in [1.54, 1.807) is 35.9 Å². The summed E-state index contributed by atoms with van der Waals surface area (Å²) in [5, 5.41) is -0.0510. The number of benzene rings is 2. The summed E-state index contributed by atoms with van der Waals surface area (Å²) in [6, 6.07) is 7.86. The minimum absolute atomic E-state index is 0.0282. The van der Waals surface area contributed by atoms with Gasteiger partial charge in [-0.2, -0.15) is 13.2 Å². The predicted molar refractivity (Wildman–Crippen MR) is 158 cm³/mol. The summed E-state index contributed by atoms with van der Waals surface area (Å²) in [6.07, 6.45) is -0.112. The van der Waals surface area contributed by atoms with Crippen molar-refractivity contribution in [3.8, 4) is 0 Å². The molecular weight excluding hydrogens is 551 g/mol. The average molecular weight is 590 g/mol. The van der Waals surface area contributed by atoms with Gasteiger partial charge in [-0.25, -0.2) is 4.79 Å². The van der Waals surface area contributed by atoms with Crippen LogP contribution in [0.3, 0.4) is 0 Å². The van der Waals surface area contributed by atoms with Crippen LogP contribution in [0.15, 0.2) is 61.7 Å². The second kappa shape index (κ2) is 12.7. The van der Waals surface area contributed by atoms with Crippen molar-refractivity contribution in [3.05, 3.63) is 94.5 Å². The molecule has 1 fully saturated rings. The number of rotatable bonds is 8. The van der Waals surface area contributed by atoms with E-state index in [9.17, 15) is 22.8 Å². The maximum absolute atomic E-state index is 14.0. The van der Waals surface area contributed by atoms with Crippen molar-refractivity contribution in [3.63, 3.8) is 0 Å². The molecule has 0 spiro atoms. The van der Waals surface area contributed by atoms with Crippen LogP contribution >= 0.6 is 11.6 Å². The van der Waals surface area contributed by atoms with Crippen LogP contribution in [0.25, 0.3) is 0 Å². The lowest BCUT2D eigenvalue weighted by atomic mass is 9.81. The van der Waals surface area contributed by atoms with Gasteiger partial charge in [0.2, 0.25) is 5.91 Å². The van der Waals surface area contributed by atoms with Crippen LogP contribution in [0, 0.1) is 19.3 Å². The fourth-order valence-corrected chi connectivity index (χ4v) is 5.79. The van der Waals surface area contributed by atoms with Gasteiger partial charge < -0.3 is 14.7 Å². The molecule has 0 bridgehead atoms. The number of urea groups is 1. The summed E-state index contributed by atoms with van der Waals surface area (Å²) >= 11 is 6.03. The number of amides is 3. The zero-order chi connectivity index (χ0) is 30.7. The molecule has 1 aliphatic rings. The van der Waals surface area contributed by atoms with Crippen molar-refractivity contribution >= 4 is 23.5 Å². The molecule has 9 heteroatoms. The van der Waals surface area contributed by atoms with Crippen molar-refractivity contribution < 1.29 is 22.8 Å². The Bertz CT molecular complexity index is 1300. The van der Waals surface area contributed by atoms with Gasteiger partial charge in [-0.15, -0.1) is 13.2 Å². The molecule has 3 amide bonds. The van der Waals surface area contributed by atoms with Crippen LogP contribution in [0.1, 0.15) is 66.6 Å². The smallest absolute Gasteiger partial charge is 0.338 e. The normalized spacial score (nSPS) is 16.8. The lowest BCUT2D eigenvalue weighted by molar-refractivity contribution is -0.144.